The molecule has 3 aliphatic carbocycles. The Kier molecular flexibility index (Phi) is 7.48. The highest BCUT2D eigenvalue weighted by Gasteiger charge is 2.61. The Morgan fingerprint density at radius 1 is 1.21 bits per heavy atom. The summed E-state index contributed by atoms with van der Waals surface area (Å²) in [4.78, 5) is 38.3. The Morgan fingerprint density at radius 2 is 1.88 bits per heavy atom. The van der Waals surface area contributed by atoms with Gasteiger partial charge in [-0.25, -0.2) is 0 Å². The van der Waals surface area contributed by atoms with Gasteiger partial charge >= 0.3 is 5.97 Å². The van der Waals surface area contributed by atoms with Crippen LogP contribution in [0.2, 0.25) is 0 Å². The van der Waals surface area contributed by atoms with Crippen molar-refractivity contribution in [3.63, 3.8) is 0 Å². The number of hydrogen-bond donors (Lipinski definition) is 2. The fourth-order valence-electron chi connectivity index (χ4n) is 7.32. The minimum absolute atomic E-state index is 0.0988. The smallest absolute Gasteiger partial charge is 0.325 e. The predicted molar refractivity (Wildman–Crippen MR) is 129 cm³/mol. The highest BCUT2D eigenvalue weighted by Crippen LogP contribution is 2.61. The summed E-state index contributed by atoms with van der Waals surface area (Å²) in [5, 5.41) is 2.57. The molecule has 0 saturated heterocycles. The molecule has 0 radical (unpaired) electrons. The lowest BCUT2D eigenvalue weighted by Crippen LogP contribution is -2.57. The second-order valence-corrected chi connectivity index (χ2v) is 11.7. The zero-order valence-electron chi connectivity index (χ0n) is 21.4. The van der Waals surface area contributed by atoms with Crippen LogP contribution < -0.4 is 11.1 Å². The molecule has 186 valence electrons. The van der Waals surface area contributed by atoms with Gasteiger partial charge in [0.25, 0.3) is 0 Å². The third-order valence-electron chi connectivity index (χ3n) is 10.1. The number of nitrogens with two attached hydrogens (primary N) is 1. The van der Waals surface area contributed by atoms with Crippen LogP contribution in [0, 0.1) is 46.3 Å². The van der Waals surface area contributed by atoms with Crippen molar-refractivity contribution >= 4 is 17.7 Å². The van der Waals surface area contributed by atoms with Gasteiger partial charge in [-0.15, -0.1) is 6.58 Å². The summed E-state index contributed by atoms with van der Waals surface area (Å²) in [6.45, 7) is 16.8. The molecule has 1 amide bonds. The first-order chi connectivity index (χ1) is 15.4. The molecule has 4 bridgehead atoms. The summed E-state index contributed by atoms with van der Waals surface area (Å²) in [5.41, 5.74) is 4.92. The fourth-order valence-corrected chi connectivity index (χ4v) is 7.32. The molecule has 6 nitrogen and oxygen atoms in total. The minimum atomic E-state index is -0.692. The average molecular weight is 461 g/mol. The molecule has 3 aliphatic rings. The van der Waals surface area contributed by atoms with E-state index >= 15 is 0 Å². The van der Waals surface area contributed by atoms with Crippen molar-refractivity contribution in [3.8, 4) is 0 Å². The van der Waals surface area contributed by atoms with E-state index < -0.39 is 23.5 Å². The Bertz CT molecular complexity index is 795. The van der Waals surface area contributed by atoms with Crippen molar-refractivity contribution in [2.45, 2.75) is 85.8 Å². The molecule has 3 fully saturated rings. The van der Waals surface area contributed by atoms with Gasteiger partial charge < -0.3 is 15.8 Å². The second kappa shape index (κ2) is 9.52. The van der Waals surface area contributed by atoms with Crippen molar-refractivity contribution in [2.24, 2.45) is 52.1 Å². The average Bonchev–Trinajstić information content (AvgIpc) is 2.78. The van der Waals surface area contributed by atoms with Crippen LogP contribution >= 0.6 is 0 Å². The van der Waals surface area contributed by atoms with Crippen LogP contribution in [-0.2, 0) is 19.1 Å². The van der Waals surface area contributed by atoms with Crippen LogP contribution in [0.1, 0.15) is 73.6 Å². The van der Waals surface area contributed by atoms with Gasteiger partial charge in [0, 0.05) is 17.8 Å². The zero-order chi connectivity index (χ0) is 24.7. The molecular formula is C27H44N2O4. The lowest BCUT2D eigenvalue weighted by atomic mass is 9.49. The number of hydrogen-bond acceptors (Lipinski definition) is 5. The summed E-state index contributed by atoms with van der Waals surface area (Å²) < 4.78 is 6.20. The van der Waals surface area contributed by atoms with Crippen molar-refractivity contribution in [2.75, 3.05) is 6.54 Å². The van der Waals surface area contributed by atoms with Crippen LogP contribution in [-0.4, -0.2) is 36.4 Å². The molecule has 0 aromatic carbocycles. The zero-order valence-corrected chi connectivity index (χ0v) is 21.4. The molecule has 3 saturated carbocycles. The molecule has 0 aromatic rings. The van der Waals surface area contributed by atoms with Gasteiger partial charge in [-0.3, -0.25) is 14.4 Å². The van der Waals surface area contributed by atoms with E-state index in [0.717, 1.165) is 19.3 Å². The van der Waals surface area contributed by atoms with Crippen LogP contribution in [0.5, 0.6) is 0 Å². The Balaban J connectivity index is 2.03. The maximum atomic E-state index is 13.5. The lowest BCUT2D eigenvalue weighted by Gasteiger charge is -2.56. The van der Waals surface area contributed by atoms with E-state index in [1.165, 1.54) is 0 Å². The Morgan fingerprint density at radius 3 is 2.48 bits per heavy atom. The van der Waals surface area contributed by atoms with Crippen molar-refractivity contribution in [1.82, 2.24) is 5.32 Å². The first kappa shape index (κ1) is 25.9. The highest BCUT2D eigenvalue weighted by molar-refractivity contribution is 5.85. The fraction of sp³-hybridized carbons (Fsp3) is 0.815. The number of allylic oxidation sites excluding steroid dienone is 1. The molecule has 3 N–H and O–H groups in total. The third-order valence-corrected chi connectivity index (χ3v) is 10.1. The molecule has 10 atom stereocenters. The monoisotopic (exact) mass is 460 g/mol. The van der Waals surface area contributed by atoms with E-state index in [2.05, 4.69) is 46.5 Å². The van der Waals surface area contributed by atoms with Gasteiger partial charge in [0.15, 0.2) is 0 Å². The number of nitrogens with one attached hydrogen (secondary N) is 1. The van der Waals surface area contributed by atoms with Gasteiger partial charge in [0.2, 0.25) is 5.91 Å². The van der Waals surface area contributed by atoms with Crippen LogP contribution in [0.3, 0.4) is 0 Å². The van der Waals surface area contributed by atoms with Gasteiger partial charge in [-0.05, 0) is 67.6 Å². The number of rotatable bonds is 5. The number of ether oxygens (including phenoxy) is 1. The standard InChI is InChI=1S/C27H44N2O4/c1-8-26(6)13-22(33-23(31)14-29-25(32)18(5)28)27(7)15(2)9-10-20-19(16(3)17(26)4)11-12-21(30)24(20)27/h8,15-20,22,24H,1,9-14,28H2,2-7H3,(H,29,32)/t15-,16+,17?,18?,19?,20-,22-,24+,26-,27+/m1/s1. The van der Waals surface area contributed by atoms with Crippen molar-refractivity contribution in [3.05, 3.63) is 12.7 Å². The van der Waals surface area contributed by atoms with Gasteiger partial charge in [0.1, 0.15) is 18.4 Å². The molecule has 3 rings (SSSR count). The van der Waals surface area contributed by atoms with E-state index in [1.807, 2.05) is 6.08 Å². The molecule has 33 heavy (non-hydrogen) atoms. The van der Waals surface area contributed by atoms with Gasteiger partial charge in [-0.1, -0.05) is 40.7 Å². The predicted octanol–water partition coefficient (Wildman–Crippen LogP) is 3.88. The Hall–Kier alpha value is -1.69. The first-order valence-corrected chi connectivity index (χ1v) is 12.8. The first-order valence-electron chi connectivity index (χ1n) is 12.8. The van der Waals surface area contributed by atoms with Crippen molar-refractivity contribution < 1.29 is 19.1 Å². The van der Waals surface area contributed by atoms with Crippen LogP contribution in [0.25, 0.3) is 0 Å². The number of amides is 1. The summed E-state index contributed by atoms with van der Waals surface area (Å²) in [7, 11) is 0. The largest absolute Gasteiger partial charge is 0.460 e. The van der Waals surface area contributed by atoms with Gasteiger partial charge in [-0.2, -0.15) is 0 Å². The summed E-state index contributed by atoms with van der Waals surface area (Å²) in [6, 6.07) is -0.692. The van der Waals surface area contributed by atoms with E-state index in [4.69, 9.17) is 10.5 Å². The molecule has 0 spiro atoms. The normalized spacial score (nSPS) is 44.0. The SMILES string of the molecule is C=C[C@]1(C)C[C@@H](OC(=O)CNC(=O)C(C)N)[C@]2(C)[C@H](C)CC[C@@H]3C(CCC(=O)[C@H]32)[C@@H](C)C1C. The Labute approximate surface area is 199 Å². The molecule has 0 heterocycles. The topological polar surface area (TPSA) is 98.5 Å². The lowest BCUT2D eigenvalue weighted by molar-refractivity contribution is -0.179. The molecule has 3 unspecified atom stereocenters. The van der Waals surface area contributed by atoms with E-state index in [1.54, 1.807) is 6.92 Å². The van der Waals surface area contributed by atoms with E-state index in [9.17, 15) is 14.4 Å². The summed E-state index contributed by atoms with van der Waals surface area (Å²) in [5.74, 6) is 1.23. The maximum absolute atomic E-state index is 13.5. The minimum Gasteiger partial charge on any atom is -0.460 e. The van der Waals surface area contributed by atoms with E-state index in [-0.39, 0.29) is 29.7 Å². The van der Waals surface area contributed by atoms with Crippen LogP contribution in [0.4, 0.5) is 0 Å². The van der Waals surface area contributed by atoms with Gasteiger partial charge in [0.05, 0.1) is 6.04 Å². The number of Topliss-reactive ketones (excluding diaryl/α,β-unsaturated/α-hetero) is 1. The van der Waals surface area contributed by atoms with Crippen molar-refractivity contribution in [1.29, 1.82) is 0 Å². The number of carbonyl (C=O) groups excluding carboxylic acids is 3. The molecular weight excluding hydrogens is 416 g/mol. The summed E-state index contributed by atoms with van der Waals surface area (Å²) in [6.07, 6.45) is 5.88. The highest BCUT2D eigenvalue weighted by atomic mass is 16.5. The third kappa shape index (κ3) is 4.52. The quantitative estimate of drug-likeness (QED) is 0.479. The molecule has 6 heteroatoms. The number of ketones is 1. The summed E-state index contributed by atoms with van der Waals surface area (Å²) >= 11 is 0. The molecule has 0 aromatic heterocycles. The number of esters is 1. The van der Waals surface area contributed by atoms with Crippen LogP contribution in [0.15, 0.2) is 12.7 Å². The number of carbonyl (C=O) groups is 3. The maximum Gasteiger partial charge on any atom is 0.325 e. The second-order valence-electron chi connectivity index (χ2n) is 11.7. The van der Waals surface area contributed by atoms with E-state index in [0.29, 0.717) is 42.3 Å². The molecule has 0 aliphatic heterocycles.